The average molecular weight is 447 g/mol. The summed E-state index contributed by atoms with van der Waals surface area (Å²) in [7, 11) is 0. The Balaban J connectivity index is 1.36. The molecule has 0 bridgehead atoms. The number of nitrogens with zero attached hydrogens (tertiary/aromatic N) is 3. The van der Waals surface area contributed by atoms with Crippen LogP contribution in [0.5, 0.6) is 17.2 Å². The summed E-state index contributed by atoms with van der Waals surface area (Å²) in [6.45, 7) is 2.86. The van der Waals surface area contributed by atoms with E-state index in [9.17, 15) is 4.79 Å². The number of hydrogen-bond acceptors (Lipinski definition) is 7. The van der Waals surface area contributed by atoms with Crippen LogP contribution in [0.3, 0.4) is 0 Å². The smallest absolute Gasteiger partial charge is 0.255 e. The van der Waals surface area contributed by atoms with E-state index in [2.05, 4.69) is 38.9 Å². The lowest BCUT2D eigenvalue weighted by Crippen LogP contribution is -2.24. The van der Waals surface area contributed by atoms with Crippen molar-refractivity contribution in [3.8, 4) is 17.2 Å². The molecule has 2 N–H and O–H groups in total. The lowest BCUT2D eigenvalue weighted by Gasteiger charge is -2.26. The summed E-state index contributed by atoms with van der Waals surface area (Å²) < 4.78 is 17.4. The molecule has 0 radical (unpaired) electrons. The fourth-order valence-electron chi connectivity index (χ4n) is 3.15. The summed E-state index contributed by atoms with van der Waals surface area (Å²) in [6, 6.07) is 12.3. The Labute approximate surface area is 191 Å². The number of amides is 1. The van der Waals surface area contributed by atoms with E-state index in [0.717, 1.165) is 12.8 Å². The molecular weight excluding hydrogens is 422 g/mol. The molecule has 0 saturated carbocycles. The maximum Gasteiger partial charge on any atom is 0.255 e. The summed E-state index contributed by atoms with van der Waals surface area (Å²) in [6.07, 6.45) is 9.74. The minimum atomic E-state index is -0.502. The Morgan fingerprint density at radius 3 is 2.85 bits per heavy atom. The largest absolute Gasteiger partial charge is 0.490 e. The van der Waals surface area contributed by atoms with Crippen LogP contribution in [0.25, 0.3) is 0 Å². The maximum atomic E-state index is 12.8. The van der Waals surface area contributed by atoms with E-state index in [1.54, 1.807) is 42.5 Å². The Bertz CT molecular complexity index is 1110. The molecular formula is C24H25N5O4. The Morgan fingerprint density at radius 2 is 2.06 bits per heavy atom. The van der Waals surface area contributed by atoms with Crippen molar-refractivity contribution in [2.45, 2.75) is 25.9 Å². The molecule has 0 fully saturated rings. The number of carbonyl (C=O) groups excluding carboxylic acids is 1. The number of nitrogens with one attached hydrogen (secondary N) is 2. The van der Waals surface area contributed by atoms with Crippen LogP contribution >= 0.6 is 0 Å². The lowest BCUT2D eigenvalue weighted by atomic mass is 10.2. The predicted molar refractivity (Wildman–Crippen MR) is 123 cm³/mol. The van der Waals surface area contributed by atoms with E-state index < -0.39 is 6.10 Å². The first-order valence-electron chi connectivity index (χ1n) is 10.8. The molecule has 3 aromatic rings. The number of para-hydroxylation sites is 1. The molecule has 1 aromatic heterocycles. The molecule has 2 heterocycles. The van der Waals surface area contributed by atoms with Crippen molar-refractivity contribution in [3.05, 3.63) is 78.2 Å². The number of benzene rings is 2. The van der Waals surface area contributed by atoms with Gasteiger partial charge in [0.1, 0.15) is 19.0 Å². The molecule has 1 aliphatic rings. The van der Waals surface area contributed by atoms with Crippen LogP contribution in [0.4, 0.5) is 5.69 Å². The molecule has 4 rings (SSSR count). The molecule has 1 unspecified atom stereocenters. The van der Waals surface area contributed by atoms with Crippen LogP contribution < -0.4 is 19.5 Å². The zero-order valence-corrected chi connectivity index (χ0v) is 18.2. The van der Waals surface area contributed by atoms with Gasteiger partial charge in [-0.15, -0.1) is 5.10 Å². The molecule has 0 aliphatic carbocycles. The fourth-order valence-corrected chi connectivity index (χ4v) is 3.15. The predicted octanol–water partition coefficient (Wildman–Crippen LogP) is 4.26. The molecule has 170 valence electrons. The summed E-state index contributed by atoms with van der Waals surface area (Å²) in [4.78, 5) is 12.8. The SMILES string of the molecule is CCC/C=C/C=C/COc1ccc(C(=O)Nc2cccc3c2OC(c2nnn[nH]2)CO3)cc1. The van der Waals surface area contributed by atoms with Gasteiger partial charge in [0.15, 0.2) is 23.4 Å². The Kier molecular flexibility index (Phi) is 7.32. The highest BCUT2D eigenvalue weighted by Gasteiger charge is 2.28. The molecule has 1 amide bonds. The number of anilines is 1. The van der Waals surface area contributed by atoms with E-state index in [4.69, 9.17) is 14.2 Å². The number of aromatic amines is 1. The number of allylic oxidation sites excluding steroid dienone is 3. The van der Waals surface area contributed by atoms with Crippen LogP contribution in [0.15, 0.2) is 66.8 Å². The number of H-pyrrole nitrogens is 1. The monoisotopic (exact) mass is 447 g/mol. The average Bonchev–Trinajstić information content (AvgIpc) is 3.39. The van der Waals surface area contributed by atoms with Gasteiger partial charge in [-0.2, -0.15) is 0 Å². The van der Waals surface area contributed by atoms with Crippen LogP contribution in [0.1, 0.15) is 42.1 Å². The topological polar surface area (TPSA) is 111 Å². The highest BCUT2D eigenvalue weighted by Crippen LogP contribution is 2.41. The van der Waals surface area contributed by atoms with Crippen LogP contribution in [-0.4, -0.2) is 39.7 Å². The van der Waals surface area contributed by atoms with Crippen molar-refractivity contribution in [2.75, 3.05) is 18.5 Å². The Morgan fingerprint density at radius 1 is 1.21 bits per heavy atom. The zero-order valence-electron chi connectivity index (χ0n) is 18.2. The van der Waals surface area contributed by atoms with E-state index in [0.29, 0.717) is 40.9 Å². The Hall–Kier alpha value is -4.14. The van der Waals surface area contributed by atoms with Crippen molar-refractivity contribution in [1.29, 1.82) is 0 Å². The number of unbranched alkanes of at least 4 members (excludes halogenated alkanes) is 1. The number of ether oxygens (including phenoxy) is 3. The molecule has 33 heavy (non-hydrogen) atoms. The van der Waals surface area contributed by atoms with Gasteiger partial charge < -0.3 is 19.5 Å². The lowest BCUT2D eigenvalue weighted by molar-refractivity contribution is 0.0856. The van der Waals surface area contributed by atoms with E-state index in [1.165, 1.54) is 0 Å². The first kappa shape index (κ1) is 22.1. The second kappa shape index (κ2) is 10.9. The molecule has 1 aliphatic heterocycles. The first-order chi connectivity index (χ1) is 16.2. The van der Waals surface area contributed by atoms with Gasteiger partial charge in [0.25, 0.3) is 5.91 Å². The molecule has 2 aromatic carbocycles. The summed E-state index contributed by atoms with van der Waals surface area (Å²) >= 11 is 0. The third-order valence-corrected chi connectivity index (χ3v) is 4.85. The third-order valence-electron chi connectivity index (χ3n) is 4.85. The van der Waals surface area contributed by atoms with Crippen molar-refractivity contribution >= 4 is 11.6 Å². The van der Waals surface area contributed by atoms with Gasteiger partial charge in [-0.05, 0) is 59.3 Å². The summed E-state index contributed by atoms with van der Waals surface area (Å²) in [5, 5.41) is 16.6. The highest BCUT2D eigenvalue weighted by molar-refractivity contribution is 6.05. The van der Waals surface area contributed by atoms with Crippen molar-refractivity contribution in [1.82, 2.24) is 20.6 Å². The minimum absolute atomic E-state index is 0.257. The number of hydrogen-bond donors (Lipinski definition) is 2. The number of aromatic nitrogens is 4. The zero-order chi connectivity index (χ0) is 22.9. The van der Waals surface area contributed by atoms with Crippen molar-refractivity contribution in [3.63, 3.8) is 0 Å². The second-order valence-electron chi connectivity index (χ2n) is 7.27. The quantitative estimate of drug-likeness (QED) is 0.472. The second-order valence-corrected chi connectivity index (χ2v) is 7.27. The van der Waals surface area contributed by atoms with Crippen molar-refractivity contribution < 1.29 is 19.0 Å². The third kappa shape index (κ3) is 5.76. The molecule has 0 saturated heterocycles. The van der Waals surface area contributed by atoms with Gasteiger partial charge in [-0.25, -0.2) is 5.10 Å². The molecule has 9 nitrogen and oxygen atoms in total. The normalized spacial score (nSPS) is 15.1. The van der Waals surface area contributed by atoms with Gasteiger partial charge in [-0.3, -0.25) is 4.79 Å². The van der Waals surface area contributed by atoms with E-state index in [1.807, 2.05) is 18.2 Å². The van der Waals surface area contributed by atoms with E-state index >= 15 is 0 Å². The molecule has 0 spiro atoms. The van der Waals surface area contributed by atoms with Gasteiger partial charge in [0.2, 0.25) is 0 Å². The first-order valence-corrected chi connectivity index (χ1v) is 10.8. The van der Waals surface area contributed by atoms with Gasteiger partial charge in [-0.1, -0.05) is 37.6 Å². The standard InChI is InChI=1S/C24H25N5O4/c1-2-3-4-5-6-7-15-31-18-13-11-17(12-14-18)24(30)25-19-9-8-10-20-22(19)33-21(16-32-20)23-26-28-29-27-23/h4-14,21H,2-3,15-16H2,1H3,(H,25,30)(H,26,27,28,29)/b5-4+,7-6+. The van der Waals surface area contributed by atoms with E-state index in [-0.39, 0.29) is 12.5 Å². The van der Waals surface area contributed by atoms with Gasteiger partial charge >= 0.3 is 0 Å². The van der Waals surface area contributed by atoms with Gasteiger partial charge in [0, 0.05) is 5.56 Å². The number of tetrazole rings is 1. The molecule has 1 atom stereocenters. The minimum Gasteiger partial charge on any atom is -0.490 e. The number of rotatable bonds is 9. The maximum absolute atomic E-state index is 12.8. The van der Waals surface area contributed by atoms with Crippen LogP contribution in [-0.2, 0) is 0 Å². The highest BCUT2D eigenvalue weighted by atomic mass is 16.6. The summed E-state index contributed by atoms with van der Waals surface area (Å²) in [5.41, 5.74) is 0.988. The van der Waals surface area contributed by atoms with Crippen LogP contribution in [0, 0.1) is 0 Å². The molecule has 9 heteroatoms. The van der Waals surface area contributed by atoms with Crippen molar-refractivity contribution in [2.24, 2.45) is 0 Å². The number of fused-ring (bicyclic) bond motifs is 1. The van der Waals surface area contributed by atoms with Crippen LogP contribution in [0.2, 0.25) is 0 Å². The summed E-state index contributed by atoms with van der Waals surface area (Å²) in [5.74, 6) is 1.83. The fraction of sp³-hybridized carbons (Fsp3) is 0.250. The number of carbonyl (C=O) groups is 1. The van der Waals surface area contributed by atoms with Gasteiger partial charge in [0.05, 0.1) is 5.69 Å².